The van der Waals surface area contributed by atoms with Crippen LogP contribution in [-0.4, -0.2) is 47.4 Å². The summed E-state index contributed by atoms with van der Waals surface area (Å²) in [5.41, 5.74) is 0.193. The number of hydrogen-bond donors (Lipinski definition) is 2. The zero-order chi connectivity index (χ0) is 19.6. The summed E-state index contributed by atoms with van der Waals surface area (Å²) in [5.74, 6) is -5.21. The van der Waals surface area contributed by atoms with Crippen LogP contribution in [0.1, 0.15) is 13.8 Å². The molecule has 2 rings (SSSR count). The van der Waals surface area contributed by atoms with Gasteiger partial charge in [0, 0.05) is 13.1 Å². The van der Waals surface area contributed by atoms with E-state index >= 15 is 0 Å². The molecule has 0 spiro atoms. The average molecular weight is 395 g/mol. The number of carboxylic acid groups (broad SMARTS) is 1. The highest BCUT2D eigenvalue weighted by Gasteiger charge is 2.53. The molecule has 0 bridgehead atoms. The van der Waals surface area contributed by atoms with Gasteiger partial charge in [-0.2, -0.15) is 13.2 Å². The van der Waals surface area contributed by atoms with Crippen molar-refractivity contribution in [2.24, 2.45) is 11.8 Å². The number of likely N-dealkylation sites (tertiary alicyclic amines) is 1. The molecule has 6 nitrogen and oxygen atoms in total. The summed E-state index contributed by atoms with van der Waals surface area (Å²) >= 11 is 6.05. The van der Waals surface area contributed by atoms with Gasteiger partial charge in [0.2, 0.25) is 0 Å². The Bertz CT molecular complexity index is 697. The molecule has 1 fully saturated rings. The lowest BCUT2D eigenvalue weighted by atomic mass is 9.96. The van der Waals surface area contributed by atoms with Gasteiger partial charge in [0.1, 0.15) is 0 Å². The first-order valence-corrected chi connectivity index (χ1v) is 8.19. The molecule has 144 valence electrons. The summed E-state index contributed by atoms with van der Waals surface area (Å²) in [5, 5.41) is 11.7. The van der Waals surface area contributed by atoms with Crippen molar-refractivity contribution in [3.05, 3.63) is 23.2 Å². The molecule has 1 heterocycles. The number of alkyl halides is 3. The minimum atomic E-state index is -4.71. The van der Waals surface area contributed by atoms with Crippen molar-refractivity contribution in [2.45, 2.75) is 26.1 Å². The molecule has 1 aromatic carbocycles. The van der Waals surface area contributed by atoms with Crippen molar-refractivity contribution < 1.29 is 32.6 Å². The van der Waals surface area contributed by atoms with Crippen molar-refractivity contribution in [3.8, 4) is 5.75 Å². The van der Waals surface area contributed by atoms with Crippen molar-refractivity contribution >= 4 is 29.3 Å². The molecule has 1 aromatic rings. The van der Waals surface area contributed by atoms with E-state index in [1.807, 2.05) is 0 Å². The Morgan fingerprint density at radius 1 is 1.35 bits per heavy atom. The van der Waals surface area contributed by atoms with E-state index in [0.29, 0.717) is 0 Å². The number of nitrogens with one attached hydrogen (secondary N) is 1. The van der Waals surface area contributed by atoms with Crippen molar-refractivity contribution in [2.75, 3.05) is 18.4 Å². The molecule has 1 saturated heterocycles. The zero-order valence-electron chi connectivity index (χ0n) is 14.0. The summed E-state index contributed by atoms with van der Waals surface area (Å²) < 4.78 is 44.6. The molecule has 0 aliphatic carbocycles. The van der Waals surface area contributed by atoms with Crippen molar-refractivity contribution in [1.82, 2.24) is 4.90 Å². The number of carbonyl (C=O) groups excluding carboxylic acids is 1. The van der Waals surface area contributed by atoms with Gasteiger partial charge in [-0.05, 0) is 26.0 Å². The molecule has 1 aliphatic heterocycles. The molecule has 0 radical (unpaired) electrons. The molecular formula is C16H18ClF3N2O4. The Morgan fingerprint density at radius 3 is 2.50 bits per heavy atom. The molecule has 1 aliphatic rings. The number of amides is 2. The largest absolute Gasteiger partial charge is 0.487 e. The Balaban J connectivity index is 2.19. The number of carbonyl (C=O) groups is 2. The van der Waals surface area contributed by atoms with Gasteiger partial charge in [-0.25, -0.2) is 4.79 Å². The number of para-hydroxylation sites is 1. The number of ether oxygens (including phenoxy) is 1. The second-order valence-electron chi connectivity index (χ2n) is 6.21. The molecule has 0 aromatic heterocycles. The summed E-state index contributed by atoms with van der Waals surface area (Å²) in [6.45, 7) is 2.24. The average Bonchev–Trinajstić information content (AvgIpc) is 2.96. The zero-order valence-corrected chi connectivity index (χ0v) is 14.8. The lowest BCUT2D eigenvalue weighted by molar-refractivity contribution is -0.187. The van der Waals surface area contributed by atoms with E-state index in [1.54, 1.807) is 26.0 Å². The number of halogens is 4. The van der Waals surface area contributed by atoms with Gasteiger partial charge in [0.15, 0.2) is 5.75 Å². The highest BCUT2D eigenvalue weighted by atomic mass is 35.5. The minimum absolute atomic E-state index is 0.193. The number of aliphatic carboxylic acids is 1. The summed E-state index contributed by atoms with van der Waals surface area (Å²) in [7, 11) is 0. The normalized spacial score (nSPS) is 20.3. The monoisotopic (exact) mass is 394 g/mol. The fourth-order valence-corrected chi connectivity index (χ4v) is 2.93. The highest BCUT2D eigenvalue weighted by molar-refractivity contribution is 6.32. The van der Waals surface area contributed by atoms with Gasteiger partial charge in [-0.3, -0.25) is 4.79 Å². The van der Waals surface area contributed by atoms with E-state index in [9.17, 15) is 22.8 Å². The minimum Gasteiger partial charge on any atom is -0.487 e. The van der Waals surface area contributed by atoms with Gasteiger partial charge in [0.25, 0.3) is 0 Å². The number of hydrogen-bond acceptors (Lipinski definition) is 3. The predicted molar refractivity (Wildman–Crippen MR) is 88.5 cm³/mol. The molecule has 2 amide bonds. The third kappa shape index (κ3) is 4.51. The first-order chi connectivity index (χ1) is 12.0. The molecule has 2 atom stereocenters. The van der Waals surface area contributed by atoms with Crippen molar-refractivity contribution in [1.29, 1.82) is 0 Å². The maximum absolute atomic E-state index is 13.0. The molecular weight excluding hydrogens is 377 g/mol. The second kappa shape index (κ2) is 7.61. The lowest BCUT2D eigenvalue weighted by Gasteiger charge is -2.20. The smallest absolute Gasteiger partial charge is 0.394 e. The topological polar surface area (TPSA) is 78.9 Å². The van der Waals surface area contributed by atoms with Crippen LogP contribution >= 0.6 is 11.6 Å². The Hall–Kier alpha value is -2.16. The van der Waals surface area contributed by atoms with Crippen LogP contribution in [0.4, 0.5) is 23.7 Å². The van der Waals surface area contributed by atoms with E-state index in [4.69, 9.17) is 21.4 Å². The van der Waals surface area contributed by atoms with Crippen LogP contribution in [0.2, 0.25) is 5.02 Å². The second-order valence-corrected chi connectivity index (χ2v) is 6.62. The summed E-state index contributed by atoms with van der Waals surface area (Å²) in [6.07, 6.45) is -4.96. The van der Waals surface area contributed by atoms with Crippen LogP contribution in [0.5, 0.6) is 5.75 Å². The molecule has 0 saturated carbocycles. The van der Waals surface area contributed by atoms with E-state index in [0.717, 1.165) is 4.90 Å². The number of urea groups is 1. The van der Waals surface area contributed by atoms with Crippen LogP contribution in [0.3, 0.4) is 0 Å². The summed E-state index contributed by atoms with van der Waals surface area (Å²) in [6, 6.07) is 3.74. The fourth-order valence-electron chi connectivity index (χ4n) is 2.71. The van der Waals surface area contributed by atoms with Crippen LogP contribution in [0.15, 0.2) is 18.2 Å². The highest BCUT2D eigenvalue weighted by Crippen LogP contribution is 2.39. The third-order valence-corrected chi connectivity index (χ3v) is 4.20. The maximum Gasteiger partial charge on any atom is 0.394 e. The molecule has 2 N–H and O–H groups in total. The van der Waals surface area contributed by atoms with Gasteiger partial charge in [0.05, 0.1) is 28.6 Å². The molecule has 0 unspecified atom stereocenters. The van der Waals surface area contributed by atoms with E-state index < -0.39 is 43.1 Å². The van der Waals surface area contributed by atoms with Gasteiger partial charge >= 0.3 is 18.2 Å². The number of carboxylic acids is 1. The number of benzene rings is 1. The van der Waals surface area contributed by atoms with E-state index in [2.05, 4.69) is 5.32 Å². The lowest BCUT2D eigenvalue weighted by Crippen LogP contribution is -2.35. The third-order valence-electron chi connectivity index (χ3n) is 3.91. The van der Waals surface area contributed by atoms with E-state index in [1.165, 1.54) is 6.07 Å². The predicted octanol–water partition coefficient (Wildman–Crippen LogP) is 3.85. The van der Waals surface area contributed by atoms with Crippen LogP contribution < -0.4 is 10.1 Å². The van der Waals surface area contributed by atoms with Gasteiger partial charge in [-0.15, -0.1) is 0 Å². The number of nitrogens with zero attached hydrogens (tertiary/aromatic N) is 1. The maximum atomic E-state index is 13.0. The Morgan fingerprint density at radius 2 is 2.00 bits per heavy atom. The number of anilines is 1. The SMILES string of the molecule is CC(C)Oc1c(Cl)cccc1NC(=O)N1C[C@@H](C(F)(F)F)[C@H](C(=O)O)C1. The Labute approximate surface area is 152 Å². The number of rotatable bonds is 4. The van der Waals surface area contributed by atoms with E-state index in [-0.39, 0.29) is 22.6 Å². The van der Waals surface area contributed by atoms with Crippen LogP contribution in [-0.2, 0) is 4.79 Å². The quantitative estimate of drug-likeness (QED) is 0.813. The van der Waals surface area contributed by atoms with Crippen LogP contribution in [0, 0.1) is 11.8 Å². The summed E-state index contributed by atoms with van der Waals surface area (Å²) in [4.78, 5) is 24.3. The van der Waals surface area contributed by atoms with Gasteiger partial charge < -0.3 is 20.1 Å². The van der Waals surface area contributed by atoms with Gasteiger partial charge in [-0.1, -0.05) is 17.7 Å². The van der Waals surface area contributed by atoms with Crippen LogP contribution in [0.25, 0.3) is 0 Å². The Kier molecular flexibility index (Phi) is 5.90. The first kappa shape index (κ1) is 20.2. The standard InChI is InChI=1S/C16H18ClF3N2O4/c1-8(2)26-13-11(17)4-3-5-12(13)21-15(25)22-6-9(14(23)24)10(7-22)16(18,19)20/h3-5,8-10H,6-7H2,1-2H3,(H,21,25)(H,23,24)/t9-,10-/m1/s1. The first-order valence-electron chi connectivity index (χ1n) is 7.81. The fraction of sp³-hybridized carbons (Fsp3) is 0.500. The van der Waals surface area contributed by atoms with Crippen molar-refractivity contribution in [3.63, 3.8) is 0 Å². The molecule has 10 heteroatoms. The molecule has 26 heavy (non-hydrogen) atoms.